The molecule has 1 aliphatic rings. The molecule has 42 heavy (non-hydrogen) atoms. The van der Waals surface area contributed by atoms with Gasteiger partial charge in [-0.1, -0.05) is 54.6 Å². The summed E-state index contributed by atoms with van der Waals surface area (Å²) in [6.45, 7) is -0.0949. The number of imidazole rings is 1. The number of nitrogens with one attached hydrogen (secondary N) is 1. The molecule has 0 bridgehead atoms. The van der Waals surface area contributed by atoms with Gasteiger partial charge in [-0.05, 0) is 41.0 Å². The molecule has 11 heteroatoms. The number of hydrogen-bond acceptors (Lipinski definition) is 9. The van der Waals surface area contributed by atoms with Gasteiger partial charge in [0.2, 0.25) is 0 Å². The van der Waals surface area contributed by atoms with Gasteiger partial charge < -0.3 is 34.1 Å². The molecule has 3 heterocycles. The second-order valence-electron chi connectivity index (χ2n) is 9.92. The SMILES string of the molecule is COc1ccc(C(OC[C@H]2O[C@@H](n3cnc4c(=O)[nH]cnc43)[C@@H](O)C2O)(c2ccccc2)c2ccc(OC)cc2)cc1. The predicted molar refractivity (Wildman–Crippen MR) is 152 cm³/mol. The van der Waals surface area contributed by atoms with Gasteiger partial charge in [0.05, 0.1) is 33.5 Å². The number of ether oxygens (including phenoxy) is 4. The van der Waals surface area contributed by atoms with Crippen molar-refractivity contribution >= 4 is 11.2 Å². The lowest BCUT2D eigenvalue weighted by molar-refractivity contribution is -0.0942. The van der Waals surface area contributed by atoms with Crippen LogP contribution >= 0.6 is 0 Å². The summed E-state index contributed by atoms with van der Waals surface area (Å²) in [7, 11) is 3.21. The largest absolute Gasteiger partial charge is 0.497 e. The predicted octanol–water partition coefficient (Wildman–Crippen LogP) is 2.76. The zero-order chi connectivity index (χ0) is 29.3. The van der Waals surface area contributed by atoms with E-state index in [1.54, 1.807) is 14.2 Å². The van der Waals surface area contributed by atoms with Crippen molar-refractivity contribution in [2.75, 3.05) is 20.8 Å². The van der Waals surface area contributed by atoms with E-state index in [4.69, 9.17) is 18.9 Å². The van der Waals surface area contributed by atoms with Crippen LogP contribution < -0.4 is 15.0 Å². The molecule has 1 unspecified atom stereocenters. The summed E-state index contributed by atoms with van der Waals surface area (Å²) in [6.07, 6.45) is -1.98. The Hall–Kier alpha value is -4.55. The van der Waals surface area contributed by atoms with Crippen molar-refractivity contribution in [3.63, 3.8) is 0 Å². The van der Waals surface area contributed by atoms with Gasteiger partial charge in [0.25, 0.3) is 5.56 Å². The number of nitrogens with zero attached hydrogens (tertiary/aromatic N) is 3. The molecule has 2 aromatic heterocycles. The third kappa shape index (κ3) is 4.72. The smallest absolute Gasteiger partial charge is 0.278 e. The third-order valence-electron chi connectivity index (χ3n) is 7.61. The van der Waals surface area contributed by atoms with Gasteiger partial charge >= 0.3 is 0 Å². The van der Waals surface area contributed by atoms with Gasteiger partial charge in [-0.3, -0.25) is 9.36 Å². The number of aromatic nitrogens is 4. The van der Waals surface area contributed by atoms with E-state index in [1.807, 2.05) is 78.9 Å². The lowest BCUT2D eigenvalue weighted by atomic mass is 9.80. The van der Waals surface area contributed by atoms with Gasteiger partial charge in [-0.25, -0.2) is 9.97 Å². The number of rotatable bonds is 9. The van der Waals surface area contributed by atoms with E-state index < -0.39 is 35.7 Å². The van der Waals surface area contributed by atoms with E-state index in [2.05, 4.69) is 15.0 Å². The molecule has 1 saturated heterocycles. The van der Waals surface area contributed by atoms with E-state index in [0.717, 1.165) is 16.7 Å². The van der Waals surface area contributed by atoms with Crippen molar-refractivity contribution in [3.8, 4) is 11.5 Å². The minimum absolute atomic E-state index is 0.0949. The minimum atomic E-state index is -1.33. The lowest BCUT2D eigenvalue weighted by Gasteiger charge is -2.37. The number of hydrogen-bond donors (Lipinski definition) is 3. The van der Waals surface area contributed by atoms with E-state index in [-0.39, 0.29) is 17.8 Å². The van der Waals surface area contributed by atoms with Crippen molar-refractivity contribution in [1.82, 2.24) is 19.5 Å². The Morgan fingerprint density at radius 3 is 2.05 bits per heavy atom. The van der Waals surface area contributed by atoms with Gasteiger partial charge in [-0.15, -0.1) is 0 Å². The summed E-state index contributed by atoms with van der Waals surface area (Å²) >= 11 is 0. The standard InChI is InChI=1S/C31H30N4O7/c1-39-22-12-8-20(9-13-22)31(19-6-4-3-5-7-19,21-10-14-23(40-2)15-11-21)41-16-24-26(36)27(37)30(42-24)35-18-34-25-28(35)32-17-33-29(25)38/h3-15,17-18,24,26-27,30,36-37H,16H2,1-2H3,(H,32,33,38)/t24-,26?,27+,30-/m1/s1. The molecule has 0 spiro atoms. The number of benzene rings is 3. The van der Waals surface area contributed by atoms with Crippen molar-refractivity contribution < 1.29 is 29.2 Å². The third-order valence-corrected chi connectivity index (χ3v) is 7.61. The van der Waals surface area contributed by atoms with Gasteiger partial charge in [0.15, 0.2) is 17.4 Å². The van der Waals surface area contributed by atoms with Gasteiger partial charge in [0.1, 0.15) is 35.4 Å². The van der Waals surface area contributed by atoms with Gasteiger partial charge in [-0.2, -0.15) is 0 Å². The van der Waals surface area contributed by atoms with Crippen LogP contribution in [0.2, 0.25) is 0 Å². The molecule has 5 aromatic rings. The average Bonchev–Trinajstić information content (AvgIpc) is 3.59. The normalized spacial score (nSPS) is 20.6. The zero-order valence-corrected chi connectivity index (χ0v) is 23.0. The summed E-state index contributed by atoms with van der Waals surface area (Å²) < 4.78 is 25.2. The quantitative estimate of drug-likeness (QED) is 0.228. The van der Waals surface area contributed by atoms with Crippen molar-refractivity contribution in [2.45, 2.75) is 30.1 Å². The Morgan fingerprint density at radius 2 is 1.45 bits per heavy atom. The molecule has 0 amide bonds. The van der Waals surface area contributed by atoms with Crippen LogP contribution in [0, 0.1) is 0 Å². The number of fused-ring (bicyclic) bond motifs is 1. The highest BCUT2D eigenvalue weighted by Crippen LogP contribution is 2.43. The summed E-state index contributed by atoms with van der Waals surface area (Å²) in [4.78, 5) is 22.9. The highest BCUT2D eigenvalue weighted by atomic mass is 16.6. The van der Waals surface area contributed by atoms with Crippen LogP contribution in [0.3, 0.4) is 0 Å². The molecule has 4 atom stereocenters. The topological polar surface area (TPSA) is 141 Å². The molecular formula is C31H30N4O7. The summed E-state index contributed by atoms with van der Waals surface area (Å²) in [5, 5.41) is 22.1. The van der Waals surface area contributed by atoms with Crippen molar-refractivity contribution in [1.29, 1.82) is 0 Å². The van der Waals surface area contributed by atoms with Crippen molar-refractivity contribution in [2.24, 2.45) is 0 Å². The fourth-order valence-corrected chi connectivity index (χ4v) is 5.43. The van der Waals surface area contributed by atoms with Crippen LogP contribution in [0.5, 0.6) is 11.5 Å². The second kappa shape index (κ2) is 11.4. The molecule has 1 aliphatic heterocycles. The molecule has 3 N–H and O–H groups in total. The molecular weight excluding hydrogens is 540 g/mol. The van der Waals surface area contributed by atoms with Crippen LogP contribution in [0.4, 0.5) is 0 Å². The fraction of sp³-hybridized carbons (Fsp3) is 0.258. The Kier molecular flexibility index (Phi) is 7.48. The first-order valence-electron chi connectivity index (χ1n) is 13.4. The second-order valence-corrected chi connectivity index (χ2v) is 9.92. The monoisotopic (exact) mass is 570 g/mol. The molecule has 11 nitrogen and oxygen atoms in total. The summed E-state index contributed by atoms with van der Waals surface area (Å²) in [5.41, 5.74) is 1.24. The van der Waals surface area contributed by atoms with E-state index >= 15 is 0 Å². The molecule has 3 aromatic carbocycles. The van der Waals surface area contributed by atoms with E-state index in [0.29, 0.717) is 11.5 Å². The molecule has 6 rings (SSSR count). The number of aliphatic hydroxyl groups is 2. The first kappa shape index (κ1) is 27.6. The molecule has 0 aliphatic carbocycles. The van der Waals surface area contributed by atoms with Crippen LogP contribution in [-0.2, 0) is 15.1 Å². The van der Waals surface area contributed by atoms with Crippen molar-refractivity contribution in [3.05, 3.63) is 119 Å². The van der Waals surface area contributed by atoms with Crippen LogP contribution in [0.25, 0.3) is 11.2 Å². The number of aliphatic hydroxyl groups excluding tert-OH is 2. The zero-order valence-electron chi connectivity index (χ0n) is 23.0. The lowest BCUT2D eigenvalue weighted by Crippen LogP contribution is -2.39. The van der Waals surface area contributed by atoms with Crippen LogP contribution in [0.1, 0.15) is 22.9 Å². The highest BCUT2D eigenvalue weighted by Gasteiger charge is 2.47. The average molecular weight is 571 g/mol. The molecule has 216 valence electrons. The van der Waals surface area contributed by atoms with E-state index in [9.17, 15) is 15.0 Å². The van der Waals surface area contributed by atoms with Crippen LogP contribution in [0.15, 0.2) is 96.3 Å². The minimum Gasteiger partial charge on any atom is -0.497 e. The maximum absolute atomic E-state index is 12.2. The highest BCUT2D eigenvalue weighted by molar-refractivity contribution is 5.68. The summed E-state index contributed by atoms with van der Waals surface area (Å²) in [5.74, 6) is 1.38. The first-order valence-corrected chi connectivity index (χ1v) is 13.4. The Bertz CT molecular complexity index is 1660. The fourth-order valence-electron chi connectivity index (χ4n) is 5.43. The Balaban J connectivity index is 1.39. The molecule has 0 radical (unpaired) electrons. The maximum atomic E-state index is 12.2. The summed E-state index contributed by atoms with van der Waals surface area (Å²) in [6, 6.07) is 24.9. The van der Waals surface area contributed by atoms with E-state index in [1.165, 1.54) is 17.2 Å². The number of methoxy groups -OCH3 is 2. The Morgan fingerprint density at radius 1 is 0.857 bits per heavy atom. The molecule has 0 saturated carbocycles. The first-order chi connectivity index (χ1) is 20.5. The van der Waals surface area contributed by atoms with Crippen LogP contribution in [-0.4, -0.2) is 68.9 Å². The molecule has 1 fully saturated rings. The maximum Gasteiger partial charge on any atom is 0.278 e. The Labute approximate surface area is 240 Å². The number of aromatic amines is 1. The van der Waals surface area contributed by atoms with Gasteiger partial charge in [0, 0.05) is 0 Å². The number of H-pyrrole nitrogens is 1.